The number of hydrogen-bond donors (Lipinski definition) is 0. The molecule has 0 spiro atoms. The Labute approximate surface area is 43.1 Å². The van der Waals surface area contributed by atoms with Crippen LogP contribution in [0.3, 0.4) is 0 Å². The van der Waals surface area contributed by atoms with Crippen molar-refractivity contribution in [1.82, 2.24) is 0 Å². The molecule has 0 N–H and O–H groups in total. The maximum Gasteiger partial charge on any atom is 0.216 e. The van der Waals surface area contributed by atoms with Crippen LogP contribution < -0.4 is 0 Å². The molecule has 0 aromatic heterocycles. The van der Waals surface area contributed by atoms with Crippen LogP contribution in [0.15, 0.2) is 0 Å². The summed E-state index contributed by atoms with van der Waals surface area (Å²) in [5, 5.41) is -0.269. The Balaban J connectivity index is 3.26. The molecule has 0 amide bonds. The Kier molecular flexibility index (Phi) is 2.25. The number of hydrogen-bond acceptors (Lipinski definition) is 1. The Morgan fingerprint density at radius 1 is 2.00 bits per heavy atom. The lowest BCUT2D eigenvalue weighted by molar-refractivity contribution is -0.111. The Morgan fingerprint density at radius 3 is 2.17 bits per heavy atom. The molecule has 34 valence electrons. The van der Waals surface area contributed by atoms with Gasteiger partial charge >= 0.3 is 0 Å². The number of carbonyl (C=O) groups excluding carboxylic acids is 1. The van der Waals surface area contributed by atoms with Gasteiger partial charge in [-0.2, -0.15) is 0 Å². The van der Waals surface area contributed by atoms with Gasteiger partial charge in [0.05, 0.1) is 0 Å². The van der Waals surface area contributed by atoms with Crippen molar-refractivity contribution in [3.63, 3.8) is 0 Å². The van der Waals surface area contributed by atoms with Crippen LogP contribution in [0.4, 0.5) is 0 Å². The first-order chi connectivity index (χ1) is 2.64. The molecule has 0 fully saturated rings. The third kappa shape index (κ3) is 2.27. The van der Waals surface area contributed by atoms with Crippen molar-refractivity contribution in [3.8, 4) is 0 Å². The summed E-state index contributed by atoms with van der Waals surface area (Å²) in [5.41, 5.74) is 0. The molecule has 1 nitrogen and oxygen atoms in total. The van der Waals surface area contributed by atoms with Gasteiger partial charge in [0, 0.05) is 5.82 Å². The lowest BCUT2D eigenvalue weighted by Gasteiger charge is -1.87. The zero-order valence-corrected chi connectivity index (χ0v) is 4.62. The minimum absolute atomic E-state index is 0.0216. The molecule has 0 bridgehead atoms. The van der Waals surface area contributed by atoms with Crippen LogP contribution in [0.25, 0.3) is 0 Å². The highest BCUT2D eigenvalue weighted by atomic mass is 35.5. The predicted octanol–water partition coefficient (Wildman–Crippen LogP) is 0.193. The quantitative estimate of drug-likeness (QED) is 0.343. The number of carbonyl (C=O) groups is 1. The normalized spacial score (nSPS) is 13.7. The molecule has 0 rings (SSSR count). The first-order valence-corrected chi connectivity index (χ1v) is 2.21. The van der Waals surface area contributed by atoms with Crippen molar-refractivity contribution in [2.75, 3.05) is 0 Å². The van der Waals surface area contributed by atoms with Gasteiger partial charge in [0.15, 0.2) is 0 Å². The maximum atomic E-state index is 9.91. The van der Waals surface area contributed by atoms with E-state index in [4.69, 9.17) is 11.6 Å². The van der Waals surface area contributed by atoms with E-state index in [2.05, 4.69) is 0 Å². The van der Waals surface area contributed by atoms with E-state index in [1.54, 1.807) is 14.8 Å². The fourth-order valence-electron chi connectivity index (χ4n) is 0. The van der Waals surface area contributed by atoms with Crippen LogP contribution in [0.2, 0.25) is 5.82 Å². The summed E-state index contributed by atoms with van der Waals surface area (Å²) in [4.78, 5) is 9.91. The smallest absolute Gasteiger partial charge is 0.216 e. The average Bonchev–Trinajstić information content (AvgIpc) is 1.36. The van der Waals surface area contributed by atoms with Crippen LogP contribution in [-0.4, -0.2) is 13.1 Å². The first-order valence-electron chi connectivity index (χ1n) is 1.84. The van der Waals surface area contributed by atoms with E-state index in [9.17, 15) is 4.79 Å². The first kappa shape index (κ1) is 6.02. The van der Waals surface area contributed by atoms with Gasteiger partial charge in [0.2, 0.25) is 5.24 Å². The van der Waals surface area contributed by atoms with Gasteiger partial charge in [-0.05, 0) is 11.6 Å². The molecule has 6 heavy (non-hydrogen) atoms. The van der Waals surface area contributed by atoms with E-state index in [-0.39, 0.29) is 11.1 Å². The fraction of sp³-hybridized carbons (Fsp3) is 0.667. The van der Waals surface area contributed by atoms with Crippen LogP contribution in [-0.2, 0) is 4.79 Å². The van der Waals surface area contributed by atoms with E-state index in [0.29, 0.717) is 0 Å². The molecule has 3 heteroatoms. The predicted molar refractivity (Wildman–Crippen MR) is 28.8 cm³/mol. The summed E-state index contributed by atoms with van der Waals surface area (Å²) in [7, 11) is 1.76. The summed E-state index contributed by atoms with van der Waals surface area (Å²) in [6.07, 6.45) is 0. The summed E-state index contributed by atoms with van der Waals surface area (Å²) >= 11 is 4.97. The lowest BCUT2D eigenvalue weighted by Crippen LogP contribution is -1.93. The van der Waals surface area contributed by atoms with Crippen LogP contribution >= 0.6 is 11.6 Å². The summed E-state index contributed by atoms with van der Waals surface area (Å²) in [5.74, 6) is -0.0216. The standard InChI is InChI=1S/C3H6BClO/c1-2(4)3(5)6/h2H,4H2,1H3. The fourth-order valence-corrected chi connectivity index (χ4v) is 0. The molecule has 0 aromatic rings. The van der Waals surface area contributed by atoms with Gasteiger partial charge in [0.25, 0.3) is 0 Å². The van der Waals surface area contributed by atoms with Gasteiger partial charge in [-0.15, -0.1) is 0 Å². The van der Waals surface area contributed by atoms with Crippen LogP contribution in [0.5, 0.6) is 0 Å². The monoisotopic (exact) mass is 104 g/mol. The third-order valence-corrected chi connectivity index (χ3v) is 0.890. The van der Waals surface area contributed by atoms with Crippen molar-refractivity contribution in [2.45, 2.75) is 12.7 Å². The highest BCUT2D eigenvalue weighted by Crippen LogP contribution is 1.98. The second-order valence-electron chi connectivity index (χ2n) is 1.46. The summed E-state index contributed by atoms with van der Waals surface area (Å²) in [6, 6.07) is 0. The topological polar surface area (TPSA) is 17.1 Å². The maximum absolute atomic E-state index is 9.91. The average molecular weight is 104 g/mol. The molecule has 0 saturated carbocycles. The molecule has 1 unspecified atom stereocenters. The second kappa shape index (κ2) is 2.24. The van der Waals surface area contributed by atoms with E-state index in [1.165, 1.54) is 0 Å². The molecule has 0 radical (unpaired) electrons. The van der Waals surface area contributed by atoms with Gasteiger partial charge in [-0.3, -0.25) is 4.79 Å². The zero-order valence-electron chi connectivity index (χ0n) is 3.86. The molecular formula is C3H6BClO. The highest BCUT2D eigenvalue weighted by molar-refractivity contribution is 6.68. The molecular weight excluding hydrogens is 98.3 g/mol. The van der Waals surface area contributed by atoms with Crippen molar-refractivity contribution in [1.29, 1.82) is 0 Å². The van der Waals surface area contributed by atoms with Gasteiger partial charge in [0.1, 0.15) is 7.85 Å². The van der Waals surface area contributed by atoms with E-state index in [0.717, 1.165) is 0 Å². The largest absolute Gasteiger partial charge is 0.282 e. The number of rotatable bonds is 1. The van der Waals surface area contributed by atoms with Gasteiger partial charge in [-0.1, -0.05) is 6.92 Å². The Hall–Kier alpha value is 0.0249. The van der Waals surface area contributed by atoms with Crippen molar-refractivity contribution in [2.24, 2.45) is 0 Å². The second-order valence-corrected chi connectivity index (χ2v) is 1.83. The lowest BCUT2D eigenvalue weighted by atomic mass is 9.92. The minimum Gasteiger partial charge on any atom is -0.282 e. The minimum atomic E-state index is -0.269. The SMILES string of the molecule is BC(C)C(=O)Cl. The molecule has 0 aliphatic heterocycles. The van der Waals surface area contributed by atoms with Crippen molar-refractivity contribution in [3.05, 3.63) is 0 Å². The van der Waals surface area contributed by atoms with Gasteiger partial charge < -0.3 is 0 Å². The molecule has 0 heterocycles. The van der Waals surface area contributed by atoms with Crippen LogP contribution in [0.1, 0.15) is 6.92 Å². The molecule has 0 aromatic carbocycles. The van der Waals surface area contributed by atoms with E-state index >= 15 is 0 Å². The van der Waals surface area contributed by atoms with E-state index in [1.807, 2.05) is 0 Å². The summed E-state index contributed by atoms with van der Waals surface area (Å²) in [6.45, 7) is 1.76. The third-order valence-electron chi connectivity index (χ3n) is 0.454. The zero-order chi connectivity index (χ0) is 5.15. The molecule has 0 saturated heterocycles. The number of halogens is 1. The van der Waals surface area contributed by atoms with Crippen LogP contribution in [0, 0.1) is 0 Å². The molecule has 1 atom stereocenters. The summed E-state index contributed by atoms with van der Waals surface area (Å²) < 4.78 is 0. The Bertz CT molecular complexity index is 61.8. The molecule has 0 aliphatic rings. The van der Waals surface area contributed by atoms with Crippen molar-refractivity contribution < 1.29 is 4.79 Å². The van der Waals surface area contributed by atoms with Gasteiger partial charge in [-0.25, -0.2) is 0 Å². The van der Waals surface area contributed by atoms with E-state index < -0.39 is 0 Å². The highest BCUT2D eigenvalue weighted by Gasteiger charge is 1.98. The molecule has 0 aliphatic carbocycles. The Morgan fingerprint density at radius 2 is 2.17 bits per heavy atom. The van der Waals surface area contributed by atoms with Crippen molar-refractivity contribution >= 4 is 24.7 Å².